The van der Waals surface area contributed by atoms with Gasteiger partial charge in [-0.3, -0.25) is 0 Å². The van der Waals surface area contributed by atoms with E-state index in [0.29, 0.717) is 0 Å². The monoisotopic (exact) mass is 200 g/mol. The van der Waals surface area contributed by atoms with Crippen molar-refractivity contribution in [2.45, 2.75) is 19.9 Å². The number of aryl methyl sites for hydroxylation is 1. The Balaban J connectivity index is 2.32. The maximum atomic E-state index is 3.64. The lowest BCUT2D eigenvalue weighted by molar-refractivity contribution is 0.874. The third kappa shape index (κ3) is 2.04. The van der Waals surface area contributed by atoms with Crippen molar-refractivity contribution in [1.82, 2.24) is 10.3 Å². The molecule has 0 amide bonds. The van der Waals surface area contributed by atoms with Crippen LogP contribution in [0, 0.1) is 0 Å². The van der Waals surface area contributed by atoms with Crippen molar-refractivity contribution < 1.29 is 0 Å². The number of hydrogen-bond acceptors (Lipinski definition) is 1. The summed E-state index contributed by atoms with van der Waals surface area (Å²) in [5.74, 6) is 0. The minimum Gasteiger partial charge on any atom is -0.387 e. The van der Waals surface area contributed by atoms with E-state index in [1.807, 2.05) is 0 Å². The fourth-order valence-corrected chi connectivity index (χ4v) is 1.72. The third-order valence-electron chi connectivity index (χ3n) is 2.57. The van der Waals surface area contributed by atoms with Crippen LogP contribution in [-0.4, -0.2) is 4.98 Å². The van der Waals surface area contributed by atoms with Gasteiger partial charge in [0, 0.05) is 17.8 Å². The predicted molar refractivity (Wildman–Crippen MR) is 64.7 cm³/mol. The molecule has 0 saturated heterocycles. The zero-order chi connectivity index (χ0) is 10.7. The van der Waals surface area contributed by atoms with Gasteiger partial charge in [0.05, 0.1) is 0 Å². The van der Waals surface area contributed by atoms with Gasteiger partial charge in [-0.2, -0.15) is 0 Å². The quantitative estimate of drug-likeness (QED) is 0.780. The largest absolute Gasteiger partial charge is 0.387 e. The number of nitrogens with one attached hydrogen (secondary N) is 2. The van der Waals surface area contributed by atoms with Crippen molar-refractivity contribution >= 4 is 10.9 Å². The van der Waals surface area contributed by atoms with E-state index in [-0.39, 0.29) is 0 Å². The number of benzene rings is 1. The molecule has 0 aliphatic rings. The maximum Gasteiger partial charge on any atom is 0.0459 e. The van der Waals surface area contributed by atoms with Crippen molar-refractivity contribution in [3.05, 3.63) is 48.3 Å². The van der Waals surface area contributed by atoms with Crippen LogP contribution in [0.3, 0.4) is 0 Å². The zero-order valence-electron chi connectivity index (χ0n) is 9.01. The molecule has 0 fully saturated rings. The highest BCUT2D eigenvalue weighted by atomic mass is 14.8. The smallest absolute Gasteiger partial charge is 0.0459 e. The summed E-state index contributed by atoms with van der Waals surface area (Å²) >= 11 is 0. The Kier molecular flexibility index (Phi) is 2.77. The van der Waals surface area contributed by atoms with Crippen molar-refractivity contribution in [1.29, 1.82) is 0 Å². The molecule has 2 heteroatoms. The molecular formula is C13H16N2. The van der Waals surface area contributed by atoms with Crippen LogP contribution in [-0.2, 0) is 13.0 Å². The van der Waals surface area contributed by atoms with E-state index >= 15 is 0 Å². The third-order valence-corrected chi connectivity index (χ3v) is 2.57. The minimum absolute atomic E-state index is 0.833. The summed E-state index contributed by atoms with van der Waals surface area (Å²) in [5, 5.41) is 4.39. The molecule has 0 aliphatic carbocycles. The molecule has 0 bridgehead atoms. The Morgan fingerprint density at radius 1 is 1.40 bits per heavy atom. The number of hydrogen-bond donors (Lipinski definition) is 2. The van der Waals surface area contributed by atoms with Gasteiger partial charge < -0.3 is 10.3 Å². The fourth-order valence-electron chi connectivity index (χ4n) is 1.72. The molecule has 0 spiro atoms. The minimum atomic E-state index is 0.833. The summed E-state index contributed by atoms with van der Waals surface area (Å²) in [6.45, 7) is 6.63. The van der Waals surface area contributed by atoms with Crippen LogP contribution in [0.1, 0.15) is 18.2 Å². The van der Waals surface area contributed by atoms with Gasteiger partial charge in [-0.1, -0.05) is 25.6 Å². The Morgan fingerprint density at radius 3 is 3.00 bits per heavy atom. The number of H-pyrrole nitrogens is 1. The van der Waals surface area contributed by atoms with E-state index in [1.54, 1.807) is 6.20 Å². The molecule has 0 aliphatic heterocycles. The highest BCUT2D eigenvalue weighted by Crippen LogP contribution is 2.17. The highest BCUT2D eigenvalue weighted by molar-refractivity contribution is 5.81. The van der Waals surface area contributed by atoms with E-state index in [2.05, 4.69) is 48.1 Å². The van der Waals surface area contributed by atoms with Gasteiger partial charge in [-0.15, -0.1) is 0 Å². The van der Waals surface area contributed by atoms with Crippen molar-refractivity contribution in [2.24, 2.45) is 0 Å². The SMILES string of the molecule is C=CNCc1ccc2cc(CC)[nH]c2c1. The summed E-state index contributed by atoms with van der Waals surface area (Å²) in [4.78, 5) is 3.41. The van der Waals surface area contributed by atoms with Crippen LogP contribution in [0.25, 0.3) is 10.9 Å². The molecule has 1 aromatic carbocycles. The zero-order valence-corrected chi connectivity index (χ0v) is 9.01. The van der Waals surface area contributed by atoms with E-state index < -0.39 is 0 Å². The first-order valence-electron chi connectivity index (χ1n) is 5.28. The summed E-state index contributed by atoms with van der Waals surface area (Å²) in [6.07, 6.45) is 2.77. The second-order valence-electron chi connectivity index (χ2n) is 3.65. The van der Waals surface area contributed by atoms with Crippen LogP contribution in [0.2, 0.25) is 0 Å². The van der Waals surface area contributed by atoms with Crippen LogP contribution in [0.15, 0.2) is 37.0 Å². The Morgan fingerprint density at radius 2 is 2.27 bits per heavy atom. The van der Waals surface area contributed by atoms with Gasteiger partial charge in [0.25, 0.3) is 0 Å². The number of aromatic nitrogens is 1. The first-order valence-corrected chi connectivity index (χ1v) is 5.28. The topological polar surface area (TPSA) is 27.8 Å². The van der Waals surface area contributed by atoms with Gasteiger partial charge in [-0.05, 0) is 35.7 Å². The average Bonchev–Trinajstić information content (AvgIpc) is 2.68. The van der Waals surface area contributed by atoms with E-state index in [9.17, 15) is 0 Å². The molecular weight excluding hydrogens is 184 g/mol. The molecule has 1 heterocycles. The molecule has 78 valence electrons. The van der Waals surface area contributed by atoms with E-state index in [4.69, 9.17) is 0 Å². The number of fused-ring (bicyclic) bond motifs is 1. The second kappa shape index (κ2) is 4.22. The summed E-state index contributed by atoms with van der Waals surface area (Å²) < 4.78 is 0. The predicted octanol–water partition coefficient (Wildman–Crippen LogP) is 2.96. The van der Waals surface area contributed by atoms with Crippen molar-refractivity contribution in [3.63, 3.8) is 0 Å². The normalized spacial score (nSPS) is 10.5. The molecule has 2 aromatic rings. The summed E-state index contributed by atoms with van der Waals surface area (Å²) in [6, 6.07) is 8.70. The van der Waals surface area contributed by atoms with Gasteiger partial charge in [0.2, 0.25) is 0 Å². The van der Waals surface area contributed by atoms with Gasteiger partial charge >= 0.3 is 0 Å². The van der Waals surface area contributed by atoms with Gasteiger partial charge in [0.1, 0.15) is 0 Å². The first kappa shape index (κ1) is 9.84. The highest BCUT2D eigenvalue weighted by Gasteiger charge is 1.99. The Bertz CT molecular complexity index is 468. The van der Waals surface area contributed by atoms with Crippen LogP contribution >= 0.6 is 0 Å². The van der Waals surface area contributed by atoms with Crippen LogP contribution in [0.4, 0.5) is 0 Å². The van der Waals surface area contributed by atoms with E-state index in [1.165, 1.54) is 22.2 Å². The summed E-state index contributed by atoms with van der Waals surface area (Å²) in [7, 11) is 0. The lowest BCUT2D eigenvalue weighted by atomic mass is 10.1. The molecule has 2 N–H and O–H groups in total. The van der Waals surface area contributed by atoms with Gasteiger partial charge in [-0.25, -0.2) is 0 Å². The molecule has 0 saturated carbocycles. The van der Waals surface area contributed by atoms with Crippen molar-refractivity contribution in [3.8, 4) is 0 Å². The molecule has 2 nitrogen and oxygen atoms in total. The Hall–Kier alpha value is -1.70. The Labute approximate surface area is 90.0 Å². The molecule has 0 atom stereocenters. The number of aromatic amines is 1. The maximum absolute atomic E-state index is 3.64. The van der Waals surface area contributed by atoms with Gasteiger partial charge in [0.15, 0.2) is 0 Å². The standard InChI is InChI=1S/C13H16N2/c1-3-12-8-11-6-5-10(9-14-4-2)7-13(11)15-12/h4-8,14-15H,2-3,9H2,1H3. The van der Waals surface area contributed by atoms with E-state index in [0.717, 1.165) is 13.0 Å². The molecule has 1 aromatic heterocycles. The molecule has 15 heavy (non-hydrogen) atoms. The van der Waals surface area contributed by atoms with Crippen molar-refractivity contribution in [2.75, 3.05) is 0 Å². The second-order valence-corrected chi connectivity index (χ2v) is 3.65. The summed E-state index contributed by atoms with van der Waals surface area (Å²) in [5.41, 5.74) is 3.78. The lowest BCUT2D eigenvalue weighted by Crippen LogP contribution is -2.02. The molecule has 0 unspecified atom stereocenters. The fraction of sp³-hybridized carbons (Fsp3) is 0.231. The molecule has 0 radical (unpaired) electrons. The van der Waals surface area contributed by atoms with Crippen LogP contribution in [0.5, 0.6) is 0 Å². The first-order chi connectivity index (χ1) is 7.33. The molecule has 2 rings (SSSR count). The average molecular weight is 200 g/mol. The van der Waals surface area contributed by atoms with Crippen LogP contribution < -0.4 is 5.32 Å². The lowest BCUT2D eigenvalue weighted by Gasteiger charge is -2.00. The number of rotatable bonds is 4.